The third-order valence-electron chi connectivity index (χ3n) is 4.56. The molecule has 1 heterocycles. The van der Waals surface area contributed by atoms with Crippen LogP contribution < -0.4 is 10.6 Å². The normalized spacial score (nSPS) is 10.4. The minimum atomic E-state index is -0.295. The van der Waals surface area contributed by atoms with Gasteiger partial charge in [-0.3, -0.25) is 4.79 Å². The van der Waals surface area contributed by atoms with Crippen LogP contribution in [0.25, 0.3) is 0 Å². The number of aromatic nitrogens is 2. The van der Waals surface area contributed by atoms with Gasteiger partial charge in [0.1, 0.15) is 0 Å². The lowest BCUT2D eigenvalue weighted by Gasteiger charge is -2.15. The number of anilines is 3. The maximum atomic E-state index is 13.0. The molecule has 1 aromatic heterocycles. The summed E-state index contributed by atoms with van der Waals surface area (Å²) in [6, 6.07) is 14.3. The van der Waals surface area contributed by atoms with Crippen molar-refractivity contribution in [2.45, 2.75) is 26.7 Å². The third-order valence-corrected chi connectivity index (χ3v) is 4.56. The van der Waals surface area contributed by atoms with Crippen LogP contribution in [0.3, 0.4) is 0 Å². The lowest BCUT2D eigenvalue weighted by atomic mass is 9.92. The van der Waals surface area contributed by atoms with Gasteiger partial charge in [-0.25, -0.2) is 9.97 Å². The molecular formula is C23H24N6O. The van der Waals surface area contributed by atoms with E-state index in [-0.39, 0.29) is 13.3 Å². The largest absolute Gasteiger partial charge is 0.323 e. The quantitative estimate of drug-likeness (QED) is 0.503. The Morgan fingerprint density at radius 3 is 2.73 bits per heavy atom. The maximum Gasteiger partial charge on any atom is 0.255 e. The molecule has 3 rings (SSSR count). The second-order valence-electron chi connectivity index (χ2n) is 7.08. The van der Waals surface area contributed by atoms with Crippen LogP contribution in [-0.2, 0) is 0 Å². The van der Waals surface area contributed by atoms with E-state index < -0.39 is 0 Å². The zero-order valence-corrected chi connectivity index (χ0v) is 17.0. The summed E-state index contributed by atoms with van der Waals surface area (Å²) in [4.78, 5) is 21.5. The van der Waals surface area contributed by atoms with Crippen LogP contribution >= 0.6 is 0 Å². The van der Waals surface area contributed by atoms with E-state index >= 15 is 0 Å². The average molecular weight is 400 g/mol. The standard InChI is InChI=1S/C23H22N6O.H2/c1-14(2)21-17(13-25)5-4-6-19(21)22(30)28-18-8-7-16(12-24)20(11-18)29-23-26-10-9-15(3)27-23;/h4-12,14,24H,1-3H3,(H,28,30)(H,26,27,29);1H. The summed E-state index contributed by atoms with van der Waals surface area (Å²) in [7, 11) is 0. The Hall–Kier alpha value is -4.05. The number of nitriles is 1. The molecule has 3 aromatic rings. The Morgan fingerprint density at radius 2 is 2.07 bits per heavy atom. The van der Waals surface area contributed by atoms with E-state index in [1.54, 1.807) is 48.7 Å². The fourth-order valence-electron chi connectivity index (χ4n) is 3.18. The number of aryl methyl sites for hydroxylation is 1. The van der Waals surface area contributed by atoms with Crippen molar-refractivity contribution in [3.63, 3.8) is 0 Å². The van der Waals surface area contributed by atoms with Gasteiger partial charge in [0.15, 0.2) is 0 Å². The first-order valence-corrected chi connectivity index (χ1v) is 9.48. The van der Waals surface area contributed by atoms with Gasteiger partial charge in [0.05, 0.1) is 17.3 Å². The van der Waals surface area contributed by atoms with Gasteiger partial charge in [0, 0.05) is 36.3 Å². The summed E-state index contributed by atoms with van der Waals surface area (Å²) < 4.78 is 0. The van der Waals surface area contributed by atoms with Crippen molar-refractivity contribution in [2.75, 3.05) is 10.6 Å². The Morgan fingerprint density at radius 1 is 1.27 bits per heavy atom. The molecule has 3 N–H and O–H groups in total. The van der Waals surface area contributed by atoms with Gasteiger partial charge in [0.25, 0.3) is 5.91 Å². The van der Waals surface area contributed by atoms with Gasteiger partial charge in [-0.1, -0.05) is 19.9 Å². The fraction of sp³-hybridized carbons (Fsp3) is 0.174. The molecule has 0 bridgehead atoms. The van der Waals surface area contributed by atoms with Crippen LogP contribution in [0.4, 0.5) is 17.3 Å². The van der Waals surface area contributed by atoms with Crippen molar-refractivity contribution in [3.05, 3.63) is 76.6 Å². The number of carbonyl (C=O) groups excluding carboxylic acids is 1. The van der Waals surface area contributed by atoms with Crippen LogP contribution in [0.1, 0.15) is 53.9 Å². The van der Waals surface area contributed by atoms with Crippen molar-refractivity contribution in [3.8, 4) is 6.07 Å². The van der Waals surface area contributed by atoms with E-state index in [9.17, 15) is 10.1 Å². The molecule has 0 atom stereocenters. The van der Waals surface area contributed by atoms with Gasteiger partial charge in [-0.2, -0.15) is 5.26 Å². The van der Waals surface area contributed by atoms with Gasteiger partial charge >= 0.3 is 0 Å². The van der Waals surface area contributed by atoms with Gasteiger partial charge in [-0.05, 0) is 54.8 Å². The van der Waals surface area contributed by atoms with Crippen LogP contribution in [-0.4, -0.2) is 22.1 Å². The molecule has 2 aromatic carbocycles. The highest BCUT2D eigenvalue weighted by Crippen LogP contribution is 2.26. The number of rotatable bonds is 6. The second-order valence-corrected chi connectivity index (χ2v) is 7.08. The highest BCUT2D eigenvalue weighted by molar-refractivity contribution is 6.06. The highest BCUT2D eigenvalue weighted by Gasteiger charge is 2.18. The Balaban J connectivity index is 0.00000341. The molecule has 0 aliphatic heterocycles. The molecule has 0 fully saturated rings. The molecule has 0 aliphatic rings. The van der Waals surface area contributed by atoms with Gasteiger partial charge in [0.2, 0.25) is 5.95 Å². The molecule has 1 amide bonds. The van der Waals surface area contributed by atoms with E-state index in [0.29, 0.717) is 34.0 Å². The molecule has 152 valence electrons. The topological polar surface area (TPSA) is 115 Å². The molecule has 30 heavy (non-hydrogen) atoms. The molecular weight excluding hydrogens is 376 g/mol. The Labute approximate surface area is 176 Å². The number of nitrogens with one attached hydrogen (secondary N) is 3. The molecule has 7 heteroatoms. The summed E-state index contributed by atoms with van der Waals surface area (Å²) in [5, 5.41) is 23.0. The summed E-state index contributed by atoms with van der Waals surface area (Å²) in [6.07, 6.45) is 2.87. The first kappa shape index (κ1) is 20.7. The number of hydrogen-bond donors (Lipinski definition) is 3. The van der Waals surface area contributed by atoms with Crippen molar-refractivity contribution in [2.24, 2.45) is 0 Å². The third kappa shape index (κ3) is 4.50. The number of benzene rings is 2. The van der Waals surface area contributed by atoms with Crippen LogP contribution in [0.5, 0.6) is 0 Å². The second kappa shape index (κ2) is 8.97. The summed E-state index contributed by atoms with van der Waals surface area (Å²) in [5.41, 5.74) is 4.29. The van der Waals surface area contributed by atoms with E-state index in [4.69, 9.17) is 5.41 Å². The van der Waals surface area contributed by atoms with E-state index in [1.165, 1.54) is 6.21 Å². The lowest BCUT2D eigenvalue weighted by Crippen LogP contribution is -2.16. The fourth-order valence-corrected chi connectivity index (χ4v) is 3.18. The maximum absolute atomic E-state index is 13.0. The Kier molecular flexibility index (Phi) is 6.18. The number of nitrogens with zero attached hydrogens (tertiary/aromatic N) is 3. The van der Waals surface area contributed by atoms with Gasteiger partial charge in [-0.15, -0.1) is 0 Å². The Bertz CT molecular complexity index is 1150. The predicted molar refractivity (Wildman–Crippen MR) is 120 cm³/mol. The SMILES string of the molecule is Cc1ccnc(Nc2cc(NC(=O)c3cccc(C#N)c3C(C)C)ccc2C=N)n1.[HH]. The van der Waals surface area contributed by atoms with Gasteiger partial charge < -0.3 is 16.0 Å². The lowest BCUT2D eigenvalue weighted by molar-refractivity contribution is 0.102. The number of carbonyl (C=O) groups is 1. The summed E-state index contributed by atoms with van der Waals surface area (Å²) in [6.45, 7) is 5.77. The monoisotopic (exact) mass is 400 g/mol. The van der Waals surface area contributed by atoms with E-state index in [0.717, 1.165) is 11.3 Å². The van der Waals surface area contributed by atoms with Crippen molar-refractivity contribution in [1.82, 2.24) is 9.97 Å². The smallest absolute Gasteiger partial charge is 0.255 e. The van der Waals surface area contributed by atoms with Crippen molar-refractivity contribution >= 4 is 29.4 Å². The first-order valence-electron chi connectivity index (χ1n) is 9.48. The molecule has 0 unspecified atom stereocenters. The molecule has 0 radical (unpaired) electrons. The zero-order chi connectivity index (χ0) is 21.7. The van der Waals surface area contributed by atoms with E-state index in [1.807, 2.05) is 20.8 Å². The zero-order valence-electron chi connectivity index (χ0n) is 17.0. The minimum Gasteiger partial charge on any atom is -0.323 e. The first-order chi connectivity index (χ1) is 14.4. The van der Waals surface area contributed by atoms with Crippen molar-refractivity contribution < 1.29 is 6.22 Å². The van der Waals surface area contributed by atoms with Crippen LogP contribution in [0.15, 0.2) is 48.7 Å². The molecule has 0 saturated heterocycles. The number of amides is 1. The van der Waals surface area contributed by atoms with Crippen molar-refractivity contribution in [1.29, 1.82) is 10.7 Å². The molecule has 7 nitrogen and oxygen atoms in total. The minimum absolute atomic E-state index is 0. The summed E-state index contributed by atoms with van der Waals surface area (Å²) in [5.74, 6) is 0.138. The van der Waals surface area contributed by atoms with E-state index in [2.05, 4.69) is 26.7 Å². The van der Waals surface area contributed by atoms with Crippen LogP contribution in [0.2, 0.25) is 0 Å². The predicted octanol–water partition coefficient (Wildman–Crippen LogP) is 5.02. The van der Waals surface area contributed by atoms with Crippen LogP contribution in [0, 0.1) is 23.7 Å². The molecule has 0 aliphatic carbocycles. The average Bonchev–Trinajstić information content (AvgIpc) is 2.73. The summed E-state index contributed by atoms with van der Waals surface area (Å²) >= 11 is 0. The highest BCUT2D eigenvalue weighted by atomic mass is 16.1. The number of hydrogen-bond acceptors (Lipinski definition) is 6. The molecule has 0 saturated carbocycles. The molecule has 0 spiro atoms.